The SMILES string of the molecule is CN1[SiH]([Si](C)(C)O)N(C)[Si]1(C)C. The van der Waals surface area contributed by atoms with E-state index >= 15 is 0 Å². The molecular weight excluding hydrogens is 200 g/mol. The molecule has 3 nitrogen and oxygen atoms in total. The predicted molar refractivity (Wildman–Crippen MR) is 59.9 cm³/mol. The number of nitrogens with zero attached hydrogens (tertiary/aromatic N) is 2. The monoisotopic (exact) mass is 220 g/mol. The standard InChI is InChI=1S/C6H20N2OSi3/c1-7-10(12(5,6)9)8(2)11(7,3)4/h9-10H,1-6H3. The maximum Gasteiger partial charge on any atom is 0.200 e. The molecule has 1 saturated heterocycles. The number of hydrogen-bond acceptors (Lipinski definition) is 3. The molecule has 0 aromatic heterocycles. The Labute approximate surface area is 78.8 Å². The van der Waals surface area contributed by atoms with Gasteiger partial charge in [-0.05, 0) is 40.3 Å². The third-order valence-electron chi connectivity index (χ3n) is 3.09. The van der Waals surface area contributed by atoms with E-state index in [0.29, 0.717) is 0 Å². The van der Waals surface area contributed by atoms with Crippen LogP contribution in [0.15, 0.2) is 0 Å². The van der Waals surface area contributed by atoms with E-state index < -0.39 is 24.9 Å². The fraction of sp³-hybridized carbons (Fsp3) is 1.00. The first-order chi connectivity index (χ1) is 5.19. The molecular formula is C6H20N2OSi3. The van der Waals surface area contributed by atoms with Gasteiger partial charge >= 0.3 is 0 Å². The van der Waals surface area contributed by atoms with Crippen LogP contribution >= 0.6 is 0 Å². The summed E-state index contributed by atoms with van der Waals surface area (Å²) < 4.78 is 5.05. The van der Waals surface area contributed by atoms with Gasteiger partial charge in [-0.25, -0.2) is 0 Å². The normalized spacial score (nSPS) is 27.2. The van der Waals surface area contributed by atoms with Gasteiger partial charge in [0.05, 0.1) is 0 Å². The first-order valence-corrected chi connectivity index (χ1v) is 13.1. The Balaban J connectivity index is 2.76. The first-order valence-electron chi connectivity index (χ1n) is 4.37. The Bertz CT molecular complexity index is 180. The zero-order valence-corrected chi connectivity index (χ0v) is 12.1. The van der Waals surface area contributed by atoms with E-state index in [9.17, 15) is 4.80 Å². The average molecular weight is 220 g/mol. The minimum absolute atomic E-state index is 1.08. The van der Waals surface area contributed by atoms with Crippen molar-refractivity contribution >= 4 is 24.9 Å². The summed E-state index contributed by atoms with van der Waals surface area (Å²) in [5.41, 5.74) is 0. The zero-order chi connectivity index (χ0) is 9.73. The first kappa shape index (κ1) is 10.6. The molecule has 0 unspecified atom stereocenters. The molecule has 1 aliphatic heterocycles. The van der Waals surface area contributed by atoms with Gasteiger partial charge in [-0.2, -0.15) is 0 Å². The quantitative estimate of drug-likeness (QED) is 0.633. The summed E-state index contributed by atoms with van der Waals surface area (Å²) in [6.45, 7) is 8.83. The third kappa shape index (κ3) is 1.36. The molecule has 1 aliphatic rings. The molecule has 6 heteroatoms. The Hall–Kier alpha value is 0.531. The van der Waals surface area contributed by atoms with Crippen molar-refractivity contribution < 1.29 is 4.80 Å². The van der Waals surface area contributed by atoms with Gasteiger partial charge in [-0.3, -0.25) is 0 Å². The summed E-state index contributed by atoms with van der Waals surface area (Å²) in [6.07, 6.45) is 0. The minimum Gasteiger partial charge on any atom is -0.432 e. The molecule has 0 aromatic rings. The lowest BCUT2D eigenvalue weighted by Gasteiger charge is -2.62. The summed E-state index contributed by atoms with van der Waals surface area (Å²) >= 11 is 0. The molecule has 1 rings (SSSR count). The van der Waals surface area contributed by atoms with Crippen LogP contribution in [0.3, 0.4) is 0 Å². The van der Waals surface area contributed by atoms with Gasteiger partial charge in [-0.1, -0.05) is 0 Å². The average Bonchev–Trinajstić information content (AvgIpc) is 1.85. The molecule has 12 heavy (non-hydrogen) atoms. The highest BCUT2D eigenvalue weighted by molar-refractivity contribution is 7.33. The van der Waals surface area contributed by atoms with Crippen LogP contribution in [0.4, 0.5) is 0 Å². The molecule has 0 saturated carbocycles. The van der Waals surface area contributed by atoms with Crippen LogP contribution in [0.1, 0.15) is 0 Å². The molecule has 0 atom stereocenters. The van der Waals surface area contributed by atoms with Crippen LogP contribution in [0.5, 0.6) is 0 Å². The van der Waals surface area contributed by atoms with Crippen molar-refractivity contribution in [3.8, 4) is 0 Å². The van der Waals surface area contributed by atoms with E-state index in [-0.39, 0.29) is 0 Å². The fourth-order valence-electron chi connectivity index (χ4n) is 2.00. The molecule has 0 aliphatic carbocycles. The Morgan fingerprint density at radius 1 is 1.17 bits per heavy atom. The highest BCUT2D eigenvalue weighted by atomic mass is 29.3. The van der Waals surface area contributed by atoms with Crippen molar-refractivity contribution in [3.05, 3.63) is 0 Å². The lowest BCUT2D eigenvalue weighted by atomic mass is 11.6. The highest BCUT2D eigenvalue weighted by Gasteiger charge is 2.57. The summed E-state index contributed by atoms with van der Waals surface area (Å²) in [5, 5.41) is 0. The molecule has 1 N–H and O–H groups in total. The second-order valence-electron chi connectivity index (χ2n) is 4.74. The fourth-order valence-corrected chi connectivity index (χ4v) is 28.1. The van der Waals surface area contributed by atoms with Crippen LogP contribution < -0.4 is 0 Å². The molecule has 1 fully saturated rings. The Kier molecular flexibility index (Phi) is 2.44. The smallest absolute Gasteiger partial charge is 0.200 e. The summed E-state index contributed by atoms with van der Waals surface area (Å²) in [4.78, 5) is 10.0. The molecule has 1 heterocycles. The molecule has 0 bridgehead atoms. The van der Waals surface area contributed by atoms with Gasteiger partial charge in [0, 0.05) is 0 Å². The van der Waals surface area contributed by atoms with E-state index in [0.717, 1.165) is 0 Å². The van der Waals surface area contributed by atoms with Crippen LogP contribution in [-0.2, 0) is 0 Å². The summed E-state index contributed by atoms with van der Waals surface area (Å²) in [6, 6.07) is 0. The predicted octanol–water partition coefficient (Wildman–Crippen LogP) is 0.0617. The largest absolute Gasteiger partial charge is 0.432 e. The third-order valence-corrected chi connectivity index (χ3v) is 22.2. The van der Waals surface area contributed by atoms with Crippen molar-refractivity contribution in [2.24, 2.45) is 0 Å². The van der Waals surface area contributed by atoms with Gasteiger partial charge in [0.2, 0.25) is 0 Å². The van der Waals surface area contributed by atoms with E-state index in [2.05, 4.69) is 48.7 Å². The van der Waals surface area contributed by atoms with E-state index in [4.69, 9.17) is 0 Å². The van der Waals surface area contributed by atoms with Crippen molar-refractivity contribution in [3.63, 3.8) is 0 Å². The topological polar surface area (TPSA) is 26.7 Å². The van der Waals surface area contributed by atoms with E-state index in [1.807, 2.05) is 0 Å². The van der Waals surface area contributed by atoms with E-state index in [1.165, 1.54) is 0 Å². The Morgan fingerprint density at radius 2 is 1.50 bits per heavy atom. The maximum atomic E-state index is 10.0. The van der Waals surface area contributed by atoms with Crippen molar-refractivity contribution in [2.45, 2.75) is 26.2 Å². The van der Waals surface area contributed by atoms with Crippen LogP contribution in [0.25, 0.3) is 0 Å². The lowest BCUT2D eigenvalue weighted by molar-refractivity contribution is 0.494. The molecule has 72 valence electrons. The van der Waals surface area contributed by atoms with Crippen LogP contribution in [-0.4, -0.2) is 52.2 Å². The van der Waals surface area contributed by atoms with E-state index in [1.54, 1.807) is 0 Å². The van der Waals surface area contributed by atoms with Gasteiger partial charge in [0.25, 0.3) is 0 Å². The molecule has 0 aromatic carbocycles. The van der Waals surface area contributed by atoms with Crippen molar-refractivity contribution in [2.75, 3.05) is 14.1 Å². The molecule has 0 radical (unpaired) electrons. The summed E-state index contributed by atoms with van der Waals surface area (Å²) in [5.74, 6) is 0. The lowest BCUT2D eigenvalue weighted by Crippen LogP contribution is -2.88. The molecule has 0 amide bonds. The number of hydrogen-bond donors (Lipinski definition) is 1. The Morgan fingerprint density at radius 3 is 1.67 bits per heavy atom. The maximum absolute atomic E-state index is 10.0. The van der Waals surface area contributed by atoms with Crippen molar-refractivity contribution in [1.82, 2.24) is 8.46 Å². The van der Waals surface area contributed by atoms with Crippen molar-refractivity contribution in [1.29, 1.82) is 0 Å². The van der Waals surface area contributed by atoms with Gasteiger partial charge in [0.15, 0.2) is 24.9 Å². The number of rotatable bonds is 1. The summed E-state index contributed by atoms with van der Waals surface area (Å²) in [7, 11) is 0.235. The zero-order valence-electron chi connectivity index (χ0n) is 8.92. The van der Waals surface area contributed by atoms with Gasteiger partial charge < -0.3 is 13.3 Å². The molecule has 0 spiro atoms. The minimum atomic E-state index is -1.86. The highest BCUT2D eigenvalue weighted by Crippen LogP contribution is 2.30. The van der Waals surface area contributed by atoms with Crippen LogP contribution in [0, 0.1) is 0 Å². The second-order valence-corrected chi connectivity index (χ2v) is 21.6. The van der Waals surface area contributed by atoms with Gasteiger partial charge in [0.1, 0.15) is 0 Å². The second kappa shape index (κ2) is 2.76. The van der Waals surface area contributed by atoms with Gasteiger partial charge in [-0.15, -0.1) is 0 Å². The van der Waals surface area contributed by atoms with Crippen LogP contribution in [0.2, 0.25) is 26.2 Å².